The van der Waals surface area contributed by atoms with E-state index in [1.807, 2.05) is 68.5 Å². The summed E-state index contributed by atoms with van der Waals surface area (Å²) in [5.74, 6) is 1.32. The van der Waals surface area contributed by atoms with Crippen LogP contribution in [-0.2, 0) is 0 Å². The fraction of sp³-hybridized carbons (Fsp3) is 0.150. The van der Waals surface area contributed by atoms with Crippen LogP contribution in [0.4, 0.5) is 0 Å². The maximum absolute atomic E-state index is 12.7. The molecule has 2 heterocycles. The molecule has 0 atom stereocenters. The first kappa shape index (κ1) is 16.5. The lowest BCUT2D eigenvalue weighted by atomic mass is 10.1. The van der Waals surface area contributed by atoms with Gasteiger partial charge >= 0.3 is 0 Å². The SMILES string of the molecule is CCOc1ccccc1/C=c1\sc2nc(-c3ccc(C)cc3)nn2c1=O. The van der Waals surface area contributed by atoms with Crippen LogP contribution in [0, 0.1) is 6.92 Å². The topological polar surface area (TPSA) is 56.5 Å². The van der Waals surface area contributed by atoms with E-state index in [1.54, 1.807) is 0 Å². The van der Waals surface area contributed by atoms with Crippen LogP contribution in [0.15, 0.2) is 53.3 Å². The molecule has 130 valence electrons. The summed E-state index contributed by atoms with van der Waals surface area (Å²) in [6, 6.07) is 15.6. The van der Waals surface area contributed by atoms with Crippen molar-refractivity contribution in [3.8, 4) is 17.1 Å². The number of benzene rings is 2. The van der Waals surface area contributed by atoms with Crippen LogP contribution in [0.3, 0.4) is 0 Å². The molecule has 4 rings (SSSR count). The molecule has 26 heavy (non-hydrogen) atoms. The van der Waals surface area contributed by atoms with Crippen molar-refractivity contribution < 1.29 is 4.74 Å². The largest absolute Gasteiger partial charge is 0.493 e. The van der Waals surface area contributed by atoms with Crippen LogP contribution in [0.2, 0.25) is 0 Å². The molecule has 0 saturated heterocycles. The van der Waals surface area contributed by atoms with E-state index >= 15 is 0 Å². The van der Waals surface area contributed by atoms with Crippen molar-refractivity contribution in [2.45, 2.75) is 13.8 Å². The lowest BCUT2D eigenvalue weighted by Crippen LogP contribution is -2.23. The summed E-state index contributed by atoms with van der Waals surface area (Å²) in [6.45, 7) is 4.54. The molecule has 4 aromatic rings. The van der Waals surface area contributed by atoms with E-state index in [1.165, 1.54) is 21.4 Å². The standard InChI is InChI=1S/C20H17N3O2S/c1-3-25-16-7-5-4-6-15(16)12-17-19(24)23-20(26-17)21-18(22-23)14-10-8-13(2)9-11-14/h4-12H,3H2,1-2H3/b17-12-. The van der Waals surface area contributed by atoms with E-state index in [4.69, 9.17) is 4.74 Å². The van der Waals surface area contributed by atoms with E-state index in [9.17, 15) is 4.79 Å². The maximum atomic E-state index is 12.7. The molecule has 0 N–H and O–H groups in total. The quantitative estimate of drug-likeness (QED) is 0.559. The van der Waals surface area contributed by atoms with Gasteiger partial charge in [-0.25, -0.2) is 0 Å². The van der Waals surface area contributed by atoms with Gasteiger partial charge in [0.25, 0.3) is 5.56 Å². The Kier molecular flexibility index (Phi) is 4.26. The molecule has 0 amide bonds. The fourth-order valence-corrected chi connectivity index (χ4v) is 3.59. The van der Waals surface area contributed by atoms with Gasteiger partial charge in [0, 0.05) is 11.1 Å². The van der Waals surface area contributed by atoms with Gasteiger partial charge in [0.05, 0.1) is 11.1 Å². The summed E-state index contributed by atoms with van der Waals surface area (Å²) < 4.78 is 7.58. The molecular formula is C20H17N3O2S. The number of rotatable bonds is 4. The molecule has 0 bridgehead atoms. The van der Waals surface area contributed by atoms with Gasteiger partial charge < -0.3 is 4.74 Å². The monoisotopic (exact) mass is 363 g/mol. The molecule has 0 spiro atoms. The lowest BCUT2D eigenvalue weighted by molar-refractivity contribution is 0.339. The fourth-order valence-electron chi connectivity index (χ4n) is 2.69. The Morgan fingerprint density at radius 2 is 1.92 bits per heavy atom. The predicted molar refractivity (Wildman–Crippen MR) is 104 cm³/mol. The van der Waals surface area contributed by atoms with E-state index in [2.05, 4.69) is 10.1 Å². The van der Waals surface area contributed by atoms with Crippen molar-refractivity contribution in [3.63, 3.8) is 0 Å². The summed E-state index contributed by atoms with van der Waals surface area (Å²) in [5, 5.41) is 4.39. The van der Waals surface area contributed by atoms with Crippen molar-refractivity contribution in [2.75, 3.05) is 6.61 Å². The third-order valence-electron chi connectivity index (χ3n) is 4.00. The highest BCUT2D eigenvalue weighted by Gasteiger charge is 2.12. The Hall–Kier alpha value is -2.99. The summed E-state index contributed by atoms with van der Waals surface area (Å²) >= 11 is 1.33. The van der Waals surface area contributed by atoms with E-state index < -0.39 is 0 Å². The zero-order valence-electron chi connectivity index (χ0n) is 14.5. The normalized spacial score (nSPS) is 12.0. The average Bonchev–Trinajstić information content (AvgIpc) is 3.18. The van der Waals surface area contributed by atoms with Crippen LogP contribution < -0.4 is 14.8 Å². The van der Waals surface area contributed by atoms with Gasteiger partial charge in [0.1, 0.15) is 5.75 Å². The highest BCUT2D eigenvalue weighted by atomic mass is 32.1. The molecule has 0 unspecified atom stereocenters. The number of aromatic nitrogens is 3. The number of para-hydroxylation sites is 1. The second kappa shape index (κ2) is 6.72. The third kappa shape index (κ3) is 2.99. The first-order valence-corrected chi connectivity index (χ1v) is 9.17. The molecule has 2 aromatic carbocycles. The smallest absolute Gasteiger partial charge is 0.291 e. The second-order valence-corrected chi connectivity index (χ2v) is 6.89. The number of hydrogen-bond donors (Lipinski definition) is 0. The number of nitrogens with zero attached hydrogens (tertiary/aromatic N) is 3. The molecule has 5 nitrogen and oxygen atoms in total. The van der Waals surface area contributed by atoms with Gasteiger partial charge in [0.2, 0.25) is 4.96 Å². The number of fused-ring (bicyclic) bond motifs is 1. The zero-order chi connectivity index (χ0) is 18.1. The predicted octanol–water partition coefficient (Wildman–Crippen LogP) is 3.07. The Labute approximate surface area is 154 Å². The van der Waals surface area contributed by atoms with E-state index in [-0.39, 0.29) is 5.56 Å². The molecule has 0 aliphatic carbocycles. The van der Waals surface area contributed by atoms with Crippen LogP contribution in [0.25, 0.3) is 22.4 Å². The first-order chi connectivity index (χ1) is 12.7. The number of thiazole rings is 1. The van der Waals surface area contributed by atoms with Crippen LogP contribution in [0.5, 0.6) is 5.75 Å². The molecule has 0 aliphatic heterocycles. The van der Waals surface area contributed by atoms with Gasteiger partial charge in [0.15, 0.2) is 5.82 Å². The minimum Gasteiger partial charge on any atom is -0.493 e. The van der Waals surface area contributed by atoms with Crippen molar-refractivity contribution in [1.29, 1.82) is 0 Å². The summed E-state index contributed by atoms with van der Waals surface area (Å²) in [7, 11) is 0. The Morgan fingerprint density at radius 3 is 2.65 bits per heavy atom. The Balaban J connectivity index is 1.79. The summed E-state index contributed by atoms with van der Waals surface area (Å²) in [4.78, 5) is 17.8. The van der Waals surface area contributed by atoms with Crippen molar-refractivity contribution >= 4 is 22.4 Å². The number of aryl methyl sites for hydroxylation is 1. The molecule has 2 aromatic heterocycles. The minimum atomic E-state index is -0.165. The molecule has 0 saturated carbocycles. The number of ether oxygens (including phenoxy) is 1. The van der Waals surface area contributed by atoms with Crippen LogP contribution in [0.1, 0.15) is 18.1 Å². The molecule has 0 aliphatic rings. The first-order valence-electron chi connectivity index (χ1n) is 8.36. The zero-order valence-corrected chi connectivity index (χ0v) is 15.3. The lowest BCUT2D eigenvalue weighted by Gasteiger charge is -2.05. The highest BCUT2D eigenvalue weighted by molar-refractivity contribution is 7.15. The van der Waals surface area contributed by atoms with Crippen molar-refractivity contribution in [1.82, 2.24) is 14.6 Å². The Bertz CT molecular complexity index is 1180. The third-order valence-corrected chi connectivity index (χ3v) is 4.96. The van der Waals surface area contributed by atoms with Crippen LogP contribution in [-0.4, -0.2) is 21.2 Å². The summed E-state index contributed by atoms with van der Waals surface area (Å²) in [5.41, 5.74) is 2.78. The highest BCUT2D eigenvalue weighted by Crippen LogP contribution is 2.19. The second-order valence-electron chi connectivity index (χ2n) is 5.88. The molecule has 0 fully saturated rings. The van der Waals surface area contributed by atoms with E-state index in [0.29, 0.717) is 21.9 Å². The number of hydrogen-bond acceptors (Lipinski definition) is 5. The van der Waals surface area contributed by atoms with Crippen molar-refractivity contribution in [3.05, 3.63) is 74.5 Å². The molecular weight excluding hydrogens is 346 g/mol. The van der Waals surface area contributed by atoms with Gasteiger partial charge in [-0.2, -0.15) is 9.50 Å². The summed E-state index contributed by atoms with van der Waals surface area (Å²) in [6.07, 6.45) is 1.83. The van der Waals surface area contributed by atoms with E-state index in [0.717, 1.165) is 16.9 Å². The van der Waals surface area contributed by atoms with Gasteiger partial charge in [-0.05, 0) is 26.0 Å². The van der Waals surface area contributed by atoms with Gasteiger partial charge in [-0.1, -0.05) is 59.4 Å². The average molecular weight is 363 g/mol. The van der Waals surface area contributed by atoms with Gasteiger partial charge in [-0.15, -0.1) is 5.10 Å². The Morgan fingerprint density at radius 1 is 1.15 bits per heavy atom. The minimum absolute atomic E-state index is 0.165. The maximum Gasteiger partial charge on any atom is 0.291 e. The van der Waals surface area contributed by atoms with Crippen molar-refractivity contribution in [2.24, 2.45) is 0 Å². The van der Waals surface area contributed by atoms with Crippen LogP contribution >= 0.6 is 11.3 Å². The molecule has 6 heteroatoms. The van der Waals surface area contributed by atoms with Gasteiger partial charge in [-0.3, -0.25) is 4.79 Å². The molecule has 0 radical (unpaired) electrons.